The second-order valence-electron chi connectivity index (χ2n) is 6.11. The van der Waals surface area contributed by atoms with Gasteiger partial charge < -0.3 is 14.6 Å². The van der Waals surface area contributed by atoms with Crippen LogP contribution in [0.15, 0.2) is 0 Å². The Morgan fingerprint density at radius 3 is 3.00 bits per heavy atom. The minimum Gasteiger partial charge on any atom is -0.379 e. The van der Waals surface area contributed by atoms with Gasteiger partial charge in [0.15, 0.2) is 0 Å². The maximum absolute atomic E-state index is 5.79. The molecule has 1 aliphatic carbocycles. The van der Waals surface area contributed by atoms with Gasteiger partial charge in [0.2, 0.25) is 0 Å². The van der Waals surface area contributed by atoms with Crippen molar-refractivity contribution >= 4 is 0 Å². The summed E-state index contributed by atoms with van der Waals surface area (Å²) in [5.74, 6) is 2.56. The summed E-state index contributed by atoms with van der Waals surface area (Å²) in [6.45, 7) is 9.18. The molecule has 0 atom stereocenters. The number of nitrogens with one attached hydrogen (secondary N) is 1. The van der Waals surface area contributed by atoms with Crippen LogP contribution in [0.5, 0.6) is 0 Å². The predicted octanol–water partition coefficient (Wildman–Crippen LogP) is 2.08. The molecule has 1 N–H and O–H groups in total. The van der Waals surface area contributed by atoms with Gasteiger partial charge in [0.1, 0.15) is 5.82 Å². The van der Waals surface area contributed by atoms with Gasteiger partial charge in [-0.3, -0.25) is 0 Å². The van der Waals surface area contributed by atoms with E-state index in [9.17, 15) is 0 Å². The van der Waals surface area contributed by atoms with Gasteiger partial charge in [-0.1, -0.05) is 13.8 Å². The summed E-state index contributed by atoms with van der Waals surface area (Å²) in [5, 5.41) is 3.40. The fourth-order valence-corrected chi connectivity index (χ4v) is 2.77. The first-order valence-corrected chi connectivity index (χ1v) is 7.62. The standard InChI is InChI=1S/C15H25N3O/c1-11(2)15-17-13-9-16-6-5-14(13)18(15)7-8-19-10-12-3-4-12/h11-12,16H,3-10H2,1-2H3. The molecule has 2 aliphatic rings. The van der Waals surface area contributed by atoms with Crippen LogP contribution in [-0.2, 0) is 24.2 Å². The van der Waals surface area contributed by atoms with E-state index in [0.29, 0.717) is 5.92 Å². The first kappa shape index (κ1) is 13.1. The summed E-state index contributed by atoms with van der Waals surface area (Å²) in [6.07, 6.45) is 3.82. The van der Waals surface area contributed by atoms with E-state index in [1.165, 1.54) is 30.1 Å². The number of hydrogen-bond donors (Lipinski definition) is 1. The Kier molecular flexibility index (Phi) is 3.89. The molecule has 0 saturated heterocycles. The van der Waals surface area contributed by atoms with E-state index in [0.717, 1.165) is 45.2 Å². The lowest BCUT2D eigenvalue weighted by molar-refractivity contribution is 0.115. The van der Waals surface area contributed by atoms with E-state index in [-0.39, 0.29) is 0 Å². The average Bonchev–Trinajstić information content (AvgIpc) is 3.15. The molecule has 0 bridgehead atoms. The Morgan fingerprint density at radius 1 is 1.42 bits per heavy atom. The Morgan fingerprint density at radius 2 is 2.26 bits per heavy atom. The van der Waals surface area contributed by atoms with E-state index in [1.54, 1.807) is 0 Å². The first-order chi connectivity index (χ1) is 9.25. The highest BCUT2D eigenvalue weighted by molar-refractivity contribution is 5.21. The lowest BCUT2D eigenvalue weighted by atomic mass is 10.2. The molecule has 0 radical (unpaired) electrons. The summed E-state index contributed by atoms with van der Waals surface area (Å²) in [6, 6.07) is 0. The summed E-state index contributed by atoms with van der Waals surface area (Å²) >= 11 is 0. The van der Waals surface area contributed by atoms with Crippen molar-refractivity contribution < 1.29 is 4.74 Å². The molecule has 4 heteroatoms. The maximum Gasteiger partial charge on any atom is 0.111 e. The molecule has 19 heavy (non-hydrogen) atoms. The summed E-state index contributed by atoms with van der Waals surface area (Å²) in [4.78, 5) is 4.82. The molecule has 0 spiro atoms. The van der Waals surface area contributed by atoms with Gasteiger partial charge >= 0.3 is 0 Å². The molecule has 1 aromatic heterocycles. The molecule has 0 aromatic carbocycles. The molecule has 4 nitrogen and oxygen atoms in total. The molecule has 3 rings (SSSR count). The van der Waals surface area contributed by atoms with Crippen molar-refractivity contribution in [1.82, 2.24) is 14.9 Å². The number of fused-ring (bicyclic) bond motifs is 1. The third-order valence-electron chi connectivity index (χ3n) is 4.04. The average molecular weight is 263 g/mol. The third kappa shape index (κ3) is 3.00. The van der Waals surface area contributed by atoms with Crippen molar-refractivity contribution in [3.05, 3.63) is 17.2 Å². The summed E-state index contributed by atoms with van der Waals surface area (Å²) < 4.78 is 8.20. The van der Waals surface area contributed by atoms with E-state index in [1.807, 2.05) is 0 Å². The zero-order valence-electron chi connectivity index (χ0n) is 12.1. The Balaban J connectivity index is 1.67. The molecule has 1 fully saturated rings. The van der Waals surface area contributed by atoms with Gasteiger partial charge in [0.25, 0.3) is 0 Å². The number of aromatic nitrogens is 2. The number of rotatable bonds is 6. The van der Waals surface area contributed by atoms with Crippen molar-refractivity contribution in [3.8, 4) is 0 Å². The Hall–Kier alpha value is -0.870. The van der Waals surface area contributed by atoms with Crippen LogP contribution in [0.4, 0.5) is 0 Å². The molecular formula is C15H25N3O. The normalized spacial score (nSPS) is 18.9. The van der Waals surface area contributed by atoms with Crippen LogP contribution in [0.3, 0.4) is 0 Å². The van der Waals surface area contributed by atoms with Crippen LogP contribution >= 0.6 is 0 Å². The second-order valence-corrected chi connectivity index (χ2v) is 6.11. The molecule has 106 valence electrons. The largest absolute Gasteiger partial charge is 0.379 e. The highest BCUT2D eigenvalue weighted by atomic mass is 16.5. The van der Waals surface area contributed by atoms with Crippen molar-refractivity contribution in [1.29, 1.82) is 0 Å². The minimum atomic E-state index is 0.481. The van der Waals surface area contributed by atoms with Crippen molar-refractivity contribution in [2.24, 2.45) is 5.92 Å². The Bertz CT molecular complexity index is 435. The number of ether oxygens (including phenoxy) is 1. The van der Waals surface area contributed by atoms with E-state index < -0.39 is 0 Å². The van der Waals surface area contributed by atoms with E-state index in [4.69, 9.17) is 9.72 Å². The fourth-order valence-electron chi connectivity index (χ4n) is 2.77. The van der Waals surface area contributed by atoms with Crippen LogP contribution in [0, 0.1) is 5.92 Å². The Labute approximate surface area is 115 Å². The fraction of sp³-hybridized carbons (Fsp3) is 0.800. The van der Waals surface area contributed by atoms with Crippen LogP contribution in [-0.4, -0.2) is 29.3 Å². The van der Waals surface area contributed by atoms with Gasteiger partial charge in [-0.2, -0.15) is 0 Å². The third-order valence-corrected chi connectivity index (χ3v) is 4.04. The SMILES string of the molecule is CC(C)c1nc2c(n1CCOCC1CC1)CCNC2. The van der Waals surface area contributed by atoms with Gasteiger partial charge in [-0.15, -0.1) is 0 Å². The topological polar surface area (TPSA) is 39.1 Å². The zero-order chi connectivity index (χ0) is 13.2. The zero-order valence-corrected chi connectivity index (χ0v) is 12.1. The van der Waals surface area contributed by atoms with Crippen molar-refractivity contribution in [2.45, 2.75) is 52.1 Å². The molecule has 1 aromatic rings. The van der Waals surface area contributed by atoms with Crippen molar-refractivity contribution in [2.75, 3.05) is 19.8 Å². The van der Waals surface area contributed by atoms with Gasteiger partial charge in [-0.05, 0) is 18.8 Å². The van der Waals surface area contributed by atoms with Crippen LogP contribution in [0.1, 0.15) is 49.8 Å². The molecule has 0 unspecified atom stereocenters. The van der Waals surface area contributed by atoms with Gasteiger partial charge in [0, 0.05) is 44.3 Å². The molecule has 1 saturated carbocycles. The first-order valence-electron chi connectivity index (χ1n) is 7.62. The van der Waals surface area contributed by atoms with Crippen LogP contribution in [0.25, 0.3) is 0 Å². The molecule has 1 aliphatic heterocycles. The van der Waals surface area contributed by atoms with Gasteiger partial charge in [0.05, 0.1) is 12.3 Å². The monoisotopic (exact) mass is 263 g/mol. The second kappa shape index (κ2) is 5.63. The highest BCUT2D eigenvalue weighted by Gasteiger charge is 2.22. The summed E-state index contributed by atoms with van der Waals surface area (Å²) in [5.41, 5.74) is 2.68. The van der Waals surface area contributed by atoms with E-state index in [2.05, 4.69) is 23.7 Å². The van der Waals surface area contributed by atoms with E-state index >= 15 is 0 Å². The molecule has 2 heterocycles. The number of nitrogens with zero attached hydrogens (tertiary/aromatic N) is 2. The lowest BCUT2D eigenvalue weighted by Gasteiger charge is -2.17. The highest BCUT2D eigenvalue weighted by Crippen LogP contribution is 2.28. The van der Waals surface area contributed by atoms with Crippen LogP contribution < -0.4 is 5.32 Å². The van der Waals surface area contributed by atoms with Crippen molar-refractivity contribution in [3.63, 3.8) is 0 Å². The number of imidazole rings is 1. The minimum absolute atomic E-state index is 0.481. The summed E-state index contributed by atoms with van der Waals surface area (Å²) in [7, 11) is 0. The maximum atomic E-state index is 5.79. The van der Waals surface area contributed by atoms with Crippen LogP contribution in [0.2, 0.25) is 0 Å². The lowest BCUT2D eigenvalue weighted by Crippen LogP contribution is -2.25. The quantitative estimate of drug-likeness (QED) is 0.799. The molecule has 0 amide bonds. The predicted molar refractivity (Wildman–Crippen MR) is 75.3 cm³/mol. The number of hydrogen-bond acceptors (Lipinski definition) is 3. The smallest absolute Gasteiger partial charge is 0.111 e. The molecular weight excluding hydrogens is 238 g/mol. The van der Waals surface area contributed by atoms with Gasteiger partial charge in [-0.25, -0.2) is 4.98 Å².